The molecule has 1 aromatic heterocycles. The number of nitrogens with one attached hydrogen (secondary N) is 2. The molecule has 2 N–H and O–H groups in total. The third-order valence-corrected chi connectivity index (χ3v) is 2.94. The molecule has 1 aromatic carbocycles. The summed E-state index contributed by atoms with van der Waals surface area (Å²) in [7, 11) is 0. The fourth-order valence-corrected chi connectivity index (χ4v) is 2.08. The number of carbonyl (C=O) groups is 1. The molecule has 0 spiro atoms. The summed E-state index contributed by atoms with van der Waals surface area (Å²) in [6, 6.07) is 7.69. The largest absolute Gasteiger partial charge is 0.444 e. The van der Waals surface area contributed by atoms with Gasteiger partial charge in [0.1, 0.15) is 11.4 Å². The number of anilines is 1. The highest BCUT2D eigenvalue weighted by Crippen LogP contribution is 2.26. The standard InChI is InChI=1S/C13H15BrN2O2/c1-13(2,3)18-12(17)16-11-7-8-9(14)5-4-6-10(8)15-11/h4-7,15H,1-3H3,(H,16,17). The molecule has 0 saturated heterocycles. The van der Waals surface area contributed by atoms with Crippen LogP contribution in [0, 0.1) is 0 Å². The van der Waals surface area contributed by atoms with Crippen LogP contribution in [0.2, 0.25) is 0 Å². The molecule has 0 aliphatic rings. The Bertz CT molecular complexity index is 584. The summed E-state index contributed by atoms with van der Waals surface area (Å²) in [6.07, 6.45) is -0.467. The zero-order valence-corrected chi connectivity index (χ0v) is 12.1. The Balaban J connectivity index is 2.18. The first-order valence-corrected chi connectivity index (χ1v) is 6.42. The number of H-pyrrole nitrogens is 1. The van der Waals surface area contributed by atoms with Gasteiger partial charge in [-0.2, -0.15) is 0 Å². The second-order valence-electron chi connectivity index (χ2n) is 5.01. The van der Waals surface area contributed by atoms with Crippen molar-refractivity contribution in [2.75, 3.05) is 5.32 Å². The summed E-state index contributed by atoms with van der Waals surface area (Å²) < 4.78 is 6.17. The Labute approximate surface area is 114 Å². The number of hydrogen-bond acceptors (Lipinski definition) is 2. The van der Waals surface area contributed by atoms with Crippen molar-refractivity contribution in [2.24, 2.45) is 0 Å². The van der Waals surface area contributed by atoms with Crippen molar-refractivity contribution in [3.8, 4) is 0 Å². The Hall–Kier alpha value is -1.49. The summed E-state index contributed by atoms with van der Waals surface area (Å²) in [5, 5.41) is 3.69. The molecule has 0 saturated carbocycles. The van der Waals surface area contributed by atoms with E-state index in [9.17, 15) is 4.79 Å². The van der Waals surface area contributed by atoms with E-state index in [0.29, 0.717) is 5.82 Å². The molecule has 0 radical (unpaired) electrons. The highest BCUT2D eigenvalue weighted by molar-refractivity contribution is 9.10. The van der Waals surface area contributed by atoms with Crippen LogP contribution in [0.5, 0.6) is 0 Å². The Morgan fingerprint density at radius 3 is 2.72 bits per heavy atom. The lowest BCUT2D eigenvalue weighted by atomic mass is 10.2. The number of aromatic amines is 1. The van der Waals surface area contributed by atoms with Gasteiger partial charge in [0.15, 0.2) is 0 Å². The molecule has 2 rings (SSSR count). The molecule has 5 heteroatoms. The minimum atomic E-state index is -0.503. The highest BCUT2D eigenvalue weighted by Gasteiger charge is 2.16. The molecule has 96 valence electrons. The molecule has 0 unspecified atom stereocenters. The second-order valence-corrected chi connectivity index (χ2v) is 5.87. The first kappa shape index (κ1) is 13.0. The molecule has 1 heterocycles. The normalized spacial score (nSPS) is 11.6. The minimum absolute atomic E-state index is 0.467. The first-order chi connectivity index (χ1) is 8.35. The lowest BCUT2D eigenvalue weighted by Crippen LogP contribution is -2.27. The van der Waals surface area contributed by atoms with E-state index in [1.165, 1.54) is 0 Å². The predicted octanol–water partition coefficient (Wildman–Crippen LogP) is 4.28. The summed E-state index contributed by atoms with van der Waals surface area (Å²) in [5.74, 6) is 0.617. The quantitative estimate of drug-likeness (QED) is 0.826. The van der Waals surface area contributed by atoms with Crippen LogP contribution in [0.1, 0.15) is 20.8 Å². The van der Waals surface area contributed by atoms with Crippen molar-refractivity contribution in [1.29, 1.82) is 0 Å². The van der Waals surface area contributed by atoms with Gasteiger partial charge in [-0.05, 0) is 39.0 Å². The van der Waals surface area contributed by atoms with Crippen LogP contribution >= 0.6 is 15.9 Å². The van der Waals surface area contributed by atoms with Gasteiger partial charge in [-0.25, -0.2) is 4.79 Å². The van der Waals surface area contributed by atoms with Gasteiger partial charge in [-0.1, -0.05) is 22.0 Å². The summed E-state index contributed by atoms with van der Waals surface area (Å²) >= 11 is 3.46. The molecule has 0 aliphatic heterocycles. The van der Waals surface area contributed by atoms with E-state index in [2.05, 4.69) is 26.2 Å². The van der Waals surface area contributed by atoms with Crippen LogP contribution in [0.25, 0.3) is 10.9 Å². The number of aromatic nitrogens is 1. The molecular formula is C13H15BrN2O2. The van der Waals surface area contributed by atoms with Crippen molar-refractivity contribution < 1.29 is 9.53 Å². The second kappa shape index (κ2) is 4.65. The van der Waals surface area contributed by atoms with Crippen LogP contribution in [0.4, 0.5) is 10.6 Å². The van der Waals surface area contributed by atoms with Gasteiger partial charge >= 0.3 is 6.09 Å². The number of benzene rings is 1. The average Bonchev–Trinajstić information content (AvgIpc) is 2.58. The van der Waals surface area contributed by atoms with Crippen LogP contribution in [0.15, 0.2) is 28.7 Å². The van der Waals surface area contributed by atoms with Crippen molar-refractivity contribution in [3.05, 3.63) is 28.7 Å². The topological polar surface area (TPSA) is 54.1 Å². The maximum absolute atomic E-state index is 11.6. The smallest absolute Gasteiger partial charge is 0.413 e. The molecule has 0 aliphatic carbocycles. The number of ether oxygens (including phenoxy) is 1. The van der Waals surface area contributed by atoms with E-state index in [0.717, 1.165) is 15.4 Å². The van der Waals surface area contributed by atoms with Crippen molar-refractivity contribution in [1.82, 2.24) is 4.98 Å². The van der Waals surface area contributed by atoms with E-state index < -0.39 is 11.7 Å². The Morgan fingerprint density at radius 2 is 2.11 bits per heavy atom. The maximum Gasteiger partial charge on any atom is 0.413 e. The van der Waals surface area contributed by atoms with Gasteiger partial charge in [-0.3, -0.25) is 5.32 Å². The zero-order chi connectivity index (χ0) is 13.3. The molecule has 0 atom stereocenters. The summed E-state index contributed by atoms with van der Waals surface area (Å²) in [4.78, 5) is 14.7. The molecule has 0 fully saturated rings. The number of fused-ring (bicyclic) bond motifs is 1. The van der Waals surface area contributed by atoms with E-state index in [1.807, 2.05) is 45.0 Å². The van der Waals surface area contributed by atoms with E-state index in [-0.39, 0.29) is 0 Å². The van der Waals surface area contributed by atoms with Gasteiger partial charge in [0, 0.05) is 15.4 Å². The fourth-order valence-electron chi connectivity index (χ4n) is 1.60. The van der Waals surface area contributed by atoms with Crippen molar-refractivity contribution in [2.45, 2.75) is 26.4 Å². The monoisotopic (exact) mass is 310 g/mol. The van der Waals surface area contributed by atoms with Crippen molar-refractivity contribution in [3.63, 3.8) is 0 Å². The molecule has 4 nitrogen and oxygen atoms in total. The fraction of sp³-hybridized carbons (Fsp3) is 0.308. The predicted molar refractivity (Wildman–Crippen MR) is 75.9 cm³/mol. The first-order valence-electron chi connectivity index (χ1n) is 5.62. The molecule has 0 bridgehead atoms. The molecular weight excluding hydrogens is 296 g/mol. The maximum atomic E-state index is 11.6. The van der Waals surface area contributed by atoms with Crippen LogP contribution in [0.3, 0.4) is 0 Å². The SMILES string of the molecule is CC(C)(C)OC(=O)Nc1cc2c(Br)cccc2[nH]1. The summed E-state index contributed by atoms with van der Waals surface area (Å²) in [6.45, 7) is 5.48. The zero-order valence-electron chi connectivity index (χ0n) is 10.5. The van der Waals surface area contributed by atoms with Gasteiger partial charge in [0.2, 0.25) is 0 Å². The lowest BCUT2D eigenvalue weighted by molar-refractivity contribution is 0.0635. The van der Waals surface area contributed by atoms with Crippen LogP contribution < -0.4 is 5.32 Å². The van der Waals surface area contributed by atoms with Gasteiger partial charge < -0.3 is 9.72 Å². The van der Waals surface area contributed by atoms with Crippen molar-refractivity contribution >= 4 is 38.7 Å². The molecule has 18 heavy (non-hydrogen) atoms. The Kier molecular flexibility index (Phi) is 3.34. The number of hydrogen-bond donors (Lipinski definition) is 2. The van der Waals surface area contributed by atoms with Gasteiger partial charge in [0.25, 0.3) is 0 Å². The summed E-state index contributed by atoms with van der Waals surface area (Å²) in [5.41, 5.74) is 0.451. The number of carbonyl (C=O) groups excluding carboxylic acids is 1. The van der Waals surface area contributed by atoms with E-state index in [1.54, 1.807) is 0 Å². The number of halogens is 1. The third-order valence-electron chi connectivity index (χ3n) is 2.25. The minimum Gasteiger partial charge on any atom is -0.444 e. The van der Waals surface area contributed by atoms with Crippen LogP contribution in [-0.2, 0) is 4.74 Å². The van der Waals surface area contributed by atoms with E-state index in [4.69, 9.17) is 4.74 Å². The van der Waals surface area contributed by atoms with Gasteiger partial charge in [-0.15, -0.1) is 0 Å². The number of rotatable bonds is 1. The molecule has 2 aromatic rings. The average molecular weight is 311 g/mol. The Morgan fingerprint density at radius 1 is 1.39 bits per heavy atom. The lowest BCUT2D eigenvalue weighted by Gasteiger charge is -2.19. The molecule has 1 amide bonds. The highest BCUT2D eigenvalue weighted by atomic mass is 79.9. The third kappa shape index (κ3) is 3.04. The van der Waals surface area contributed by atoms with E-state index >= 15 is 0 Å². The van der Waals surface area contributed by atoms with Crippen LogP contribution in [-0.4, -0.2) is 16.7 Å². The van der Waals surface area contributed by atoms with Gasteiger partial charge in [0.05, 0.1) is 0 Å². The number of amides is 1.